The van der Waals surface area contributed by atoms with Crippen LogP contribution in [0, 0.1) is 0 Å². The molecular weight excluding hydrogens is 861 g/mol. The maximum absolute atomic E-state index is 14.7. The molecule has 2 aliphatic rings. The van der Waals surface area contributed by atoms with Crippen LogP contribution >= 0.6 is 0 Å². The zero-order valence-corrected chi connectivity index (χ0v) is 37.4. The van der Waals surface area contributed by atoms with Gasteiger partial charge >= 0.3 is 5.97 Å². The Morgan fingerprint density at radius 3 is 1.72 bits per heavy atom. The highest BCUT2D eigenvalue weighted by molar-refractivity contribution is 5.96. The third-order valence-electron chi connectivity index (χ3n) is 11.6. The molecule has 3 heterocycles. The van der Waals surface area contributed by atoms with Gasteiger partial charge in [0.15, 0.2) is 6.61 Å². The molecule has 0 saturated heterocycles. The quantitative estimate of drug-likeness (QED) is 0.0612. The molecule has 14 nitrogen and oxygen atoms in total. The molecule has 14 heteroatoms. The number of hydrogen-bond acceptors (Lipinski definition) is 8. The van der Waals surface area contributed by atoms with Crippen LogP contribution in [-0.4, -0.2) is 82.9 Å². The predicted molar refractivity (Wildman–Crippen MR) is 257 cm³/mol. The molecule has 1 aromatic heterocycles. The van der Waals surface area contributed by atoms with Gasteiger partial charge in [-0.1, -0.05) is 121 Å². The Bertz CT molecular complexity index is 2630. The van der Waals surface area contributed by atoms with Crippen LogP contribution < -0.4 is 31.3 Å². The van der Waals surface area contributed by atoms with E-state index < -0.39 is 66.3 Å². The van der Waals surface area contributed by atoms with Gasteiger partial charge in [0.25, 0.3) is 5.91 Å². The van der Waals surface area contributed by atoms with Crippen LogP contribution in [0.3, 0.4) is 0 Å². The molecule has 4 atom stereocenters. The Hall–Kier alpha value is -8.13. The van der Waals surface area contributed by atoms with Crippen molar-refractivity contribution in [2.24, 2.45) is 0 Å². The lowest BCUT2D eigenvalue weighted by Gasteiger charge is -2.27. The molecule has 348 valence electrons. The van der Waals surface area contributed by atoms with Crippen molar-refractivity contribution in [2.75, 3.05) is 13.2 Å². The molecule has 2 bridgehead atoms. The average Bonchev–Trinajstić information content (AvgIpc) is 3.36. The van der Waals surface area contributed by atoms with Crippen LogP contribution in [0.15, 0.2) is 158 Å². The highest BCUT2D eigenvalue weighted by Crippen LogP contribution is 2.22. The second-order valence-electron chi connectivity index (χ2n) is 16.7. The zero-order valence-electron chi connectivity index (χ0n) is 37.4. The van der Waals surface area contributed by atoms with Gasteiger partial charge < -0.3 is 36.4 Å². The lowest BCUT2D eigenvalue weighted by Crippen LogP contribution is -2.59. The minimum Gasteiger partial charge on any atom is -0.484 e. The van der Waals surface area contributed by atoms with Gasteiger partial charge in [-0.3, -0.25) is 33.8 Å². The molecule has 5 amide bonds. The highest BCUT2D eigenvalue weighted by Gasteiger charge is 2.32. The fraction of sp³-hybridized carbons (Fsp3) is 0.241. The van der Waals surface area contributed by atoms with E-state index in [0.29, 0.717) is 17.7 Å². The minimum atomic E-state index is -1.23. The normalized spacial score (nSPS) is 18.0. The number of nitrogens with one attached hydrogen (secondary N) is 5. The summed E-state index contributed by atoms with van der Waals surface area (Å²) >= 11 is 0. The lowest BCUT2D eigenvalue weighted by atomic mass is 9.98. The molecule has 6 N–H and O–H groups in total. The van der Waals surface area contributed by atoms with E-state index in [1.807, 2.05) is 121 Å². The van der Waals surface area contributed by atoms with Crippen molar-refractivity contribution in [3.63, 3.8) is 0 Å². The van der Waals surface area contributed by atoms with Gasteiger partial charge in [0, 0.05) is 44.6 Å². The number of aryl methyl sites for hydroxylation is 1. The van der Waals surface area contributed by atoms with Crippen molar-refractivity contribution in [3.8, 4) is 28.0 Å². The van der Waals surface area contributed by atoms with E-state index >= 15 is 0 Å². The molecule has 0 aliphatic carbocycles. The van der Waals surface area contributed by atoms with Gasteiger partial charge in [-0.2, -0.15) is 0 Å². The number of pyridine rings is 1. The first-order valence-electron chi connectivity index (χ1n) is 22.7. The van der Waals surface area contributed by atoms with Gasteiger partial charge in [0.05, 0.1) is 0 Å². The summed E-state index contributed by atoms with van der Waals surface area (Å²) in [4.78, 5) is 86.4. The van der Waals surface area contributed by atoms with E-state index in [0.717, 1.165) is 38.9 Å². The Labute approximate surface area is 394 Å². The Morgan fingerprint density at radius 1 is 0.588 bits per heavy atom. The van der Waals surface area contributed by atoms with Gasteiger partial charge in [-0.05, 0) is 88.0 Å². The molecule has 0 radical (unpaired) electrons. The number of nitrogens with zero attached hydrogens (tertiary/aromatic N) is 1. The van der Waals surface area contributed by atoms with Crippen molar-refractivity contribution in [2.45, 2.75) is 69.1 Å². The number of benzene rings is 5. The molecule has 6 aromatic rings. The van der Waals surface area contributed by atoms with Gasteiger partial charge in [-0.25, -0.2) is 0 Å². The molecule has 4 unspecified atom stereocenters. The maximum Gasteiger partial charge on any atom is 0.303 e. The summed E-state index contributed by atoms with van der Waals surface area (Å²) in [5.74, 6) is -3.69. The van der Waals surface area contributed by atoms with Crippen LogP contribution in [-0.2, 0) is 54.5 Å². The summed E-state index contributed by atoms with van der Waals surface area (Å²) in [6.45, 7) is -0.367. The van der Waals surface area contributed by atoms with E-state index in [1.165, 1.54) is 0 Å². The molecule has 0 fully saturated rings. The standard InChI is InChI=1S/C54H54N6O8/c61-49-35-68-44-24-17-39(18-25-44)32-46(51(64)56-29-7-12-50(62)63)59-52(65)45(26-19-36-8-3-1-4-9-36)58-54(67)48(34-38-13-20-41(21-14-38)40-10-5-2-6-11-40)60-53(66)47(57-49)33-37-15-22-42(23-16-37)43-27-30-55-31-28-43/h1-6,8-11,13-18,20-25,27-28,30-31,45-48H,7,12,19,26,29,32-35H2,(H,56,64)(H,57,61)(H,58,67)(H,59,65)(H,60,66)(H,62,63). The summed E-state index contributed by atoms with van der Waals surface area (Å²) in [6.07, 6.45) is 4.11. The number of carboxylic acid groups (broad SMARTS) is 1. The first-order chi connectivity index (χ1) is 33.1. The van der Waals surface area contributed by atoms with E-state index in [1.54, 1.807) is 36.7 Å². The Balaban J connectivity index is 1.21. The third kappa shape index (κ3) is 14.2. The third-order valence-corrected chi connectivity index (χ3v) is 11.6. The number of hydrogen-bond donors (Lipinski definition) is 6. The number of amides is 5. The number of ether oxygens (including phenoxy) is 1. The summed E-state index contributed by atoms with van der Waals surface area (Å²) in [5, 5.41) is 23.4. The fourth-order valence-electron chi connectivity index (χ4n) is 7.90. The summed E-state index contributed by atoms with van der Waals surface area (Å²) in [7, 11) is 0. The van der Waals surface area contributed by atoms with Gasteiger partial charge in [0.1, 0.15) is 29.9 Å². The van der Waals surface area contributed by atoms with E-state index in [-0.39, 0.29) is 45.1 Å². The number of carboxylic acids is 1. The number of rotatable bonds is 14. The molecule has 0 spiro atoms. The number of carbonyl (C=O) groups is 6. The molecule has 0 saturated carbocycles. The van der Waals surface area contributed by atoms with Crippen LogP contribution in [0.25, 0.3) is 22.3 Å². The topological polar surface area (TPSA) is 205 Å². The monoisotopic (exact) mass is 914 g/mol. The van der Waals surface area contributed by atoms with E-state index in [9.17, 15) is 28.8 Å². The van der Waals surface area contributed by atoms with Gasteiger partial charge in [0.2, 0.25) is 23.6 Å². The first-order valence-corrected chi connectivity index (χ1v) is 22.7. The largest absolute Gasteiger partial charge is 0.484 e. The van der Waals surface area contributed by atoms with Crippen molar-refractivity contribution in [1.82, 2.24) is 31.6 Å². The van der Waals surface area contributed by atoms with Crippen molar-refractivity contribution < 1.29 is 38.6 Å². The van der Waals surface area contributed by atoms with Crippen molar-refractivity contribution in [1.29, 1.82) is 0 Å². The predicted octanol–water partition coefficient (Wildman–Crippen LogP) is 5.39. The second-order valence-corrected chi connectivity index (χ2v) is 16.7. The molecule has 68 heavy (non-hydrogen) atoms. The highest BCUT2D eigenvalue weighted by atomic mass is 16.5. The SMILES string of the molecule is O=C(O)CCCNC(=O)C1Cc2ccc(cc2)OCC(=O)NC(Cc2ccc(-c3ccncc3)cc2)C(=O)NC(Cc2ccc(-c3ccccc3)cc2)C(=O)NC(CCc2ccccc2)C(=O)N1. The van der Waals surface area contributed by atoms with Crippen LogP contribution in [0.1, 0.15) is 41.5 Å². The first kappa shape index (κ1) is 47.8. The second kappa shape index (κ2) is 23.9. The minimum absolute atomic E-state index is 0.0272. The molecule has 2 aliphatic heterocycles. The Morgan fingerprint density at radius 2 is 1.12 bits per heavy atom. The molecular formula is C54H54N6O8. The average molecular weight is 915 g/mol. The molecule has 5 aromatic carbocycles. The fourth-order valence-corrected chi connectivity index (χ4v) is 7.90. The van der Waals surface area contributed by atoms with E-state index in [2.05, 4.69) is 31.6 Å². The zero-order chi connectivity index (χ0) is 47.7. The maximum atomic E-state index is 14.7. The van der Waals surface area contributed by atoms with Gasteiger partial charge in [-0.15, -0.1) is 0 Å². The summed E-state index contributed by atoms with van der Waals surface area (Å²) in [6, 6.07) is 40.3. The van der Waals surface area contributed by atoms with Crippen LogP contribution in [0.5, 0.6) is 5.75 Å². The van der Waals surface area contributed by atoms with Crippen molar-refractivity contribution >= 4 is 35.5 Å². The summed E-state index contributed by atoms with van der Waals surface area (Å²) in [5.41, 5.74) is 6.89. The summed E-state index contributed by atoms with van der Waals surface area (Å²) < 4.78 is 5.84. The molecule has 8 rings (SSSR count). The Kier molecular flexibility index (Phi) is 16.8. The number of carbonyl (C=O) groups excluding carboxylic acids is 5. The van der Waals surface area contributed by atoms with E-state index in [4.69, 9.17) is 9.84 Å². The number of aliphatic carboxylic acids is 1. The lowest BCUT2D eigenvalue weighted by molar-refractivity contribution is -0.137. The van der Waals surface area contributed by atoms with Crippen molar-refractivity contribution in [3.05, 3.63) is 180 Å². The smallest absolute Gasteiger partial charge is 0.303 e. The van der Waals surface area contributed by atoms with Crippen LogP contribution in [0.4, 0.5) is 0 Å². The number of fused-ring (bicyclic) bond motifs is 16. The van der Waals surface area contributed by atoms with Crippen LogP contribution in [0.2, 0.25) is 0 Å². The number of aromatic nitrogens is 1.